The second-order valence-electron chi connectivity index (χ2n) is 9.35. The van der Waals surface area contributed by atoms with Crippen molar-refractivity contribution in [2.45, 2.75) is 25.8 Å². The number of imide groups is 1. The number of methoxy groups -OCH3 is 3. The van der Waals surface area contributed by atoms with Crippen molar-refractivity contribution in [3.05, 3.63) is 77.9 Å². The van der Waals surface area contributed by atoms with Crippen LogP contribution in [0.25, 0.3) is 0 Å². The summed E-state index contributed by atoms with van der Waals surface area (Å²) in [6.07, 6.45) is 0.450. The van der Waals surface area contributed by atoms with E-state index in [0.29, 0.717) is 53.1 Å². The van der Waals surface area contributed by atoms with Gasteiger partial charge in [0.05, 0.1) is 45.6 Å². The molecule has 0 aromatic heterocycles. The Morgan fingerprint density at radius 2 is 1.67 bits per heavy atom. The lowest BCUT2D eigenvalue weighted by molar-refractivity contribution is -0.122. The molecule has 1 unspecified atom stereocenters. The molecule has 1 N–H and O–H groups in total. The van der Waals surface area contributed by atoms with E-state index in [9.17, 15) is 14.4 Å². The van der Waals surface area contributed by atoms with Gasteiger partial charge in [-0.3, -0.25) is 9.59 Å². The Balaban J connectivity index is 1.58. The van der Waals surface area contributed by atoms with Crippen molar-refractivity contribution in [1.82, 2.24) is 4.90 Å². The molecule has 1 saturated heterocycles. The van der Waals surface area contributed by atoms with Crippen LogP contribution >= 0.6 is 12.2 Å². The quantitative estimate of drug-likeness (QED) is 0.195. The number of anilines is 2. The minimum atomic E-state index is -0.833. The monoisotopic (exact) mass is 591 g/mol. The van der Waals surface area contributed by atoms with Crippen molar-refractivity contribution in [3.63, 3.8) is 0 Å². The molecule has 3 aromatic rings. The SMILES string of the molecule is CCOc1ccc(NC(=S)N(CCc2ccc(OC)c(OC)c2)C2CC(=O)N(c3ccc(C(=O)OC)cc3)C2=O)cc1. The summed E-state index contributed by atoms with van der Waals surface area (Å²) < 4.78 is 21.0. The van der Waals surface area contributed by atoms with Gasteiger partial charge in [0.15, 0.2) is 16.6 Å². The Morgan fingerprint density at radius 1 is 0.976 bits per heavy atom. The minimum absolute atomic E-state index is 0.0609. The van der Waals surface area contributed by atoms with Crippen LogP contribution in [-0.2, 0) is 20.7 Å². The minimum Gasteiger partial charge on any atom is -0.494 e. The fourth-order valence-corrected chi connectivity index (χ4v) is 5.01. The van der Waals surface area contributed by atoms with Crippen LogP contribution in [0.15, 0.2) is 66.7 Å². The highest BCUT2D eigenvalue weighted by Gasteiger charge is 2.43. The van der Waals surface area contributed by atoms with Crippen molar-refractivity contribution in [2.75, 3.05) is 44.7 Å². The molecule has 0 aliphatic carbocycles. The average molecular weight is 592 g/mol. The van der Waals surface area contributed by atoms with Gasteiger partial charge >= 0.3 is 5.97 Å². The summed E-state index contributed by atoms with van der Waals surface area (Å²) in [5, 5.41) is 3.51. The van der Waals surface area contributed by atoms with Gasteiger partial charge in [0.1, 0.15) is 11.8 Å². The van der Waals surface area contributed by atoms with Gasteiger partial charge in [-0.15, -0.1) is 0 Å². The third-order valence-electron chi connectivity index (χ3n) is 6.81. The largest absolute Gasteiger partial charge is 0.494 e. The van der Waals surface area contributed by atoms with Crippen LogP contribution in [0.5, 0.6) is 17.2 Å². The van der Waals surface area contributed by atoms with Crippen molar-refractivity contribution >= 4 is 46.5 Å². The predicted octanol–water partition coefficient (Wildman–Crippen LogP) is 4.46. The van der Waals surface area contributed by atoms with E-state index in [1.165, 1.54) is 19.2 Å². The maximum absolute atomic E-state index is 13.7. The number of thiocarbonyl (C=S) groups is 1. The maximum Gasteiger partial charge on any atom is 0.337 e. The summed E-state index contributed by atoms with van der Waals surface area (Å²) in [4.78, 5) is 41.6. The first-order valence-corrected chi connectivity index (χ1v) is 13.8. The molecule has 1 aliphatic heterocycles. The van der Waals surface area contributed by atoms with Crippen LogP contribution in [0.2, 0.25) is 0 Å². The van der Waals surface area contributed by atoms with E-state index >= 15 is 0 Å². The summed E-state index contributed by atoms with van der Waals surface area (Å²) in [5.41, 5.74) is 2.33. The zero-order valence-electron chi connectivity index (χ0n) is 23.9. The number of rotatable bonds is 11. The van der Waals surface area contributed by atoms with E-state index in [2.05, 4.69) is 5.32 Å². The van der Waals surface area contributed by atoms with E-state index < -0.39 is 17.9 Å². The highest BCUT2D eigenvalue weighted by atomic mass is 32.1. The Labute approximate surface area is 250 Å². The number of hydrogen-bond acceptors (Lipinski definition) is 8. The van der Waals surface area contributed by atoms with Gasteiger partial charge in [0, 0.05) is 12.2 Å². The predicted molar refractivity (Wildman–Crippen MR) is 162 cm³/mol. The lowest BCUT2D eigenvalue weighted by atomic mass is 10.1. The lowest BCUT2D eigenvalue weighted by Crippen LogP contribution is -2.48. The van der Waals surface area contributed by atoms with Crippen LogP contribution in [0.3, 0.4) is 0 Å². The van der Waals surface area contributed by atoms with E-state index in [-0.39, 0.29) is 12.3 Å². The van der Waals surface area contributed by atoms with Gasteiger partial charge < -0.3 is 29.2 Å². The molecular formula is C31H33N3O7S. The summed E-state index contributed by atoms with van der Waals surface area (Å²) in [6.45, 7) is 2.81. The Hall–Kier alpha value is -4.64. The van der Waals surface area contributed by atoms with Crippen LogP contribution in [-0.4, -0.2) is 68.3 Å². The number of carbonyl (C=O) groups is 3. The molecule has 42 heavy (non-hydrogen) atoms. The zero-order valence-corrected chi connectivity index (χ0v) is 24.7. The molecule has 220 valence electrons. The molecule has 4 rings (SSSR count). The molecule has 2 amide bonds. The van der Waals surface area contributed by atoms with Crippen molar-refractivity contribution in [3.8, 4) is 17.2 Å². The molecule has 11 heteroatoms. The van der Waals surface area contributed by atoms with Crippen LogP contribution in [0.4, 0.5) is 11.4 Å². The van der Waals surface area contributed by atoms with E-state index in [0.717, 1.165) is 16.2 Å². The van der Waals surface area contributed by atoms with Gasteiger partial charge in [0.25, 0.3) is 5.91 Å². The first kappa shape index (κ1) is 30.3. The van der Waals surface area contributed by atoms with E-state index in [1.54, 1.807) is 31.3 Å². The Morgan fingerprint density at radius 3 is 2.29 bits per heavy atom. The standard InChI is InChI=1S/C31H33N3O7S/c1-5-41-24-13-9-22(10-14-24)32-31(42)33(17-16-20-6-15-26(38-2)27(18-20)39-3)25-19-28(35)34(29(25)36)23-11-7-21(8-12-23)30(37)40-4/h6-15,18,25H,5,16-17,19H2,1-4H3,(H,32,42). The van der Waals surface area contributed by atoms with Gasteiger partial charge in [-0.1, -0.05) is 6.07 Å². The molecule has 1 heterocycles. The van der Waals surface area contributed by atoms with Crippen molar-refractivity contribution < 1.29 is 33.3 Å². The third kappa shape index (κ3) is 6.80. The smallest absolute Gasteiger partial charge is 0.337 e. The second kappa shape index (κ2) is 13.8. The van der Waals surface area contributed by atoms with Gasteiger partial charge in [0.2, 0.25) is 5.91 Å². The molecular weight excluding hydrogens is 558 g/mol. The summed E-state index contributed by atoms with van der Waals surface area (Å²) >= 11 is 5.79. The first-order valence-electron chi connectivity index (χ1n) is 13.4. The lowest BCUT2D eigenvalue weighted by Gasteiger charge is -2.30. The molecule has 0 spiro atoms. The van der Waals surface area contributed by atoms with E-state index in [1.807, 2.05) is 49.4 Å². The number of nitrogens with one attached hydrogen (secondary N) is 1. The molecule has 1 atom stereocenters. The highest BCUT2D eigenvalue weighted by molar-refractivity contribution is 7.80. The summed E-state index contributed by atoms with van der Waals surface area (Å²) in [7, 11) is 4.43. The van der Waals surface area contributed by atoms with Crippen LogP contribution in [0.1, 0.15) is 29.3 Å². The third-order valence-corrected chi connectivity index (χ3v) is 7.15. The van der Waals surface area contributed by atoms with E-state index in [4.69, 9.17) is 31.2 Å². The number of amides is 2. The number of nitrogens with zero attached hydrogens (tertiary/aromatic N) is 2. The van der Waals surface area contributed by atoms with Crippen molar-refractivity contribution in [2.24, 2.45) is 0 Å². The van der Waals surface area contributed by atoms with Crippen LogP contribution < -0.4 is 24.4 Å². The number of carbonyl (C=O) groups excluding carboxylic acids is 3. The van der Waals surface area contributed by atoms with Gasteiger partial charge in [-0.05, 0) is 91.8 Å². The fourth-order valence-electron chi connectivity index (χ4n) is 4.68. The Kier molecular flexibility index (Phi) is 9.98. The second-order valence-corrected chi connectivity index (χ2v) is 9.73. The molecule has 0 radical (unpaired) electrons. The number of esters is 1. The van der Waals surface area contributed by atoms with Gasteiger partial charge in [-0.25, -0.2) is 9.69 Å². The summed E-state index contributed by atoms with van der Waals surface area (Å²) in [6, 6.07) is 18.2. The number of ether oxygens (including phenoxy) is 4. The Bertz CT molecular complexity index is 1440. The maximum atomic E-state index is 13.7. The highest BCUT2D eigenvalue weighted by Crippen LogP contribution is 2.30. The molecule has 10 nitrogen and oxygen atoms in total. The average Bonchev–Trinajstić information content (AvgIpc) is 3.30. The molecule has 1 aliphatic rings. The number of hydrogen-bond donors (Lipinski definition) is 1. The first-order chi connectivity index (χ1) is 20.3. The van der Waals surface area contributed by atoms with Crippen molar-refractivity contribution in [1.29, 1.82) is 0 Å². The molecule has 3 aromatic carbocycles. The van der Waals surface area contributed by atoms with Gasteiger partial charge in [-0.2, -0.15) is 0 Å². The molecule has 0 saturated carbocycles. The number of benzene rings is 3. The normalized spacial score (nSPS) is 14.4. The molecule has 0 bridgehead atoms. The van der Waals surface area contributed by atoms with Crippen LogP contribution in [0, 0.1) is 0 Å². The molecule has 1 fully saturated rings. The fraction of sp³-hybridized carbons (Fsp3) is 0.290. The topological polar surface area (TPSA) is 107 Å². The summed E-state index contributed by atoms with van der Waals surface area (Å²) in [5.74, 6) is 0.640. The zero-order chi connectivity index (χ0) is 30.2.